The largest absolute Gasteiger partial charge is 0.399 e. The van der Waals surface area contributed by atoms with E-state index in [4.69, 9.17) is 11.5 Å². The molecule has 5 N–H and O–H groups in total. The molecule has 0 amide bonds. The molecule has 0 aliphatic heterocycles. The molecule has 8 nitrogen and oxygen atoms in total. The second-order valence-corrected chi connectivity index (χ2v) is 5.54. The van der Waals surface area contributed by atoms with Crippen molar-refractivity contribution in [2.24, 2.45) is 10.2 Å². The number of imidazole rings is 1. The first-order valence-corrected chi connectivity index (χ1v) is 7.49. The van der Waals surface area contributed by atoms with E-state index in [1.54, 1.807) is 30.6 Å². The fourth-order valence-electron chi connectivity index (χ4n) is 2.36. The van der Waals surface area contributed by atoms with Gasteiger partial charge in [0.25, 0.3) is 0 Å². The highest BCUT2D eigenvalue weighted by molar-refractivity contribution is 6.16. The second-order valence-electron chi connectivity index (χ2n) is 5.54. The first kappa shape index (κ1) is 16.3. The van der Waals surface area contributed by atoms with Gasteiger partial charge in [0.2, 0.25) is 0 Å². The van der Waals surface area contributed by atoms with Gasteiger partial charge in [-0.2, -0.15) is 10.2 Å². The molecule has 1 aromatic heterocycles. The first-order valence-electron chi connectivity index (χ1n) is 7.49. The number of benzene rings is 2. The number of fused-ring (bicyclic) bond motifs is 1. The third-order valence-electron chi connectivity index (χ3n) is 3.67. The van der Waals surface area contributed by atoms with Crippen molar-refractivity contribution in [3.8, 4) is 0 Å². The summed E-state index contributed by atoms with van der Waals surface area (Å²) < 4.78 is 0. The fourth-order valence-corrected chi connectivity index (χ4v) is 2.36. The van der Waals surface area contributed by atoms with E-state index in [0.717, 1.165) is 11.0 Å². The van der Waals surface area contributed by atoms with Gasteiger partial charge in [-0.3, -0.25) is 9.59 Å². The Kier molecular flexibility index (Phi) is 4.25. The molecule has 1 unspecified atom stereocenters. The Morgan fingerprint density at radius 1 is 1.16 bits per heavy atom. The molecule has 3 aromatic rings. The average molecular weight is 336 g/mol. The maximum Gasteiger partial charge on any atom is 0.198 e. The quantitative estimate of drug-likeness (QED) is 0.284. The molecule has 3 rings (SSSR count). The van der Waals surface area contributed by atoms with Gasteiger partial charge in [0.05, 0.1) is 23.0 Å². The van der Waals surface area contributed by atoms with E-state index in [-0.39, 0.29) is 11.3 Å². The van der Waals surface area contributed by atoms with Crippen LogP contribution in [0.25, 0.3) is 11.0 Å². The summed E-state index contributed by atoms with van der Waals surface area (Å²) in [6, 6.07) is 8.44. The number of aromatic nitrogens is 2. The van der Waals surface area contributed by atoms with Crippen molar-refractivity contribution in [3.63, 3.8) is 0 Å². The third-order valence-corrected chi connectivity index (χ3v) is 3.67. The lowest BCUT2D eigenvalue weighted by molar-refractivity contribution is -0.117. The van der Waals surface area contributed by atoms with Crippen molar-refractivity contribution in [1.82, 2.24) is 9.97 Å². The monoisotopic (exact) mass is 336 g/mol. The number of rotatable bonds is 5. The van der Waals surface area contributed by atoms with E-state index in [1.165, 1.54) is 19.1 Å². The molecule has 25 heavy (non-hydrogen) atoms. The summed E-state index contributed by atoms with van der Waals surface area (Å²) in [5.74, 6) is -0.970. The number of nitrogen functional groups attached to an aromatic ring is 2. The molecule has 1 atom stereocenters. The lowest BCUT2D eigenvalue weighted by Crippen LogP contribution is -2.27. The molecule has 8 heteroatoms. The molecule has 1 heterocycles. The van der Waals surface area contributed by atoms with E-state index >= 15 is 0 Å². The summed E-state index contributed by atoms with van der Waals surface area (Å²) in [7, 11) is 0. The van der Waals surface area contributed by atoms with Gasteiger partial charge >= 0.3 is 0 Å². The summed E-state index contributed by atoms with van der Waals surface area (Å²) in [6.45, 7) is 1.28. The normalized spacial score (nSPS) is 12.5. The van der Waals surface area contributed by atoms with Gasteiger partial charge in [0, 0.05) is 16.9 Å². The molecule has 2 aromatic carbocycles. The predicted molar refractivity (Wildman–Crippen MR) is 94.7 cm³/mol. The number of aromatic amines is 1. The Morgan fingerprint density at radius 2 is 1.96 bits per heavy atom. The van der Waals surface area contributed by atoms with Crippen LogP contribution in [0.3, 0.4) is 0 Å². The lowest BCUT2D eigenvalue weighted by atomic mass is 10.00. The minimum absolute atomic E-state index is 0.156. The van der Waals surface area contributed by atoms with Crippen molar-refractivity contribution < 1.29 is 9.59 Å². The number of anilines is 2. The molecule has 0 bridgehead atoms. The van der Waals surface area contributed by atoms with Crippen LogP contribution >= 0.6 is 0 Å². The van der Waals surface area contributed by atoms with Gasteiger partial charge in [-0.15, -0.1) is 0 Å². The van der Waals surface area contributed by atoms with Crippen LogP contribution in [0.2, 0.25) is 0 Å². The zero-order valence-electron chi connectivity index (χ0n) is 13.4. The number of nitrogens with one attached hydrogen (secondary N) is 1. The number of carbonyl (C=O) groups is 2. The van der Waals surface area contributed by atoms with Crippen LogP contribution in [-0.2, 0) is 4.79 Å². The maximum atomic E-state index is 12.6. The van der Waals surface area contributed by atoms with Crippen LogP contribution in [0, 0.1) is 0 Å². The number of hydrogen-bond acceptors (Lipinski definition) is 7. The van der Waals surface area contributed by atoms with Crippen LogP contribution in [0.5, 0.6) is 0 Å². The first-order chi connectivity index (χ1) is 12.0. The summed E-state index contributed by atoms with van der Waals surface area (Å²) in [4.78, 5) is 31.6. The number of Topliss-reactive ketones (excluding diaryl/α,β-unsaturated/α-hetero) is 2. The number of hydrogen-bond donors (Lipinski definition) is 3. The summed E-state index contributed by atoms with van der Waals surface area (Å²) >= 11 is 0. The number of nitrogens with zero attached hydrogens (tertiary/aromatic N) is 3. The SMILES string of the molecule is CC(=O)C(N=Nc1ccc2nc[nH]c2c1)C(=O)c1cc(N)ccc1N. The molecule has 0 aliphatic rings. The molecule has 0 saturated heterocycles. The second kappa shape index (κ2) is 6.52. The van der Waals surface area contributed by atoms with Crippen LogP contribution < -0.4 is 11.5 Å². The summed E-state index contributed by atoms with van der Waals surface area (Å²) in [5, 5.41) is 7.95. The molecule has 126 valence electrons. The highest BCUT2D eigenvalue weighted by Gasteiger charge is 2.26. The van der Waals surface area contributed by atoms with Gasteiger partial charge in [-0.05, 0) is 43.3 Å². The van der Waals surface area contributed by atoms with Crippen LogP contribution in [0.4, 0.5) is 17.1 Å². The standard InChI is InChI=1S/C17H16N6O2/c1-9(24)16(17(25)12-6-10(18)2-4-13(12)19)23-22-11-3-5-14-15(7-11)21-8-20-14/h2-8,16H,18-19H2,1H3,(H,20,21). The topological polar surface area (TPSA) is 140 Å². The average Bonchev–Trinajstić information content (AvgIpc) is 3.04. The molecular formula is C17H16N6O2. The van der Waals surface area contributed by atoms with Gasteiger partial charge < -0.3 is 16.5 Å². The van der Waals surface area contributed by atoms with E-state index in [9.17, 15) is 9.59 Å². The molecule has 0 saturated carbocycles. The van der Waals surface area contributed by atoms with E-state index in [2.05, 4.69) is 20.2 Å². The van der Waals surface area contributed by atoms with E-state index < -0.39 is 17.6 Å². The number of ketones is 2. The number of azo groups is 1. The summed E-state index contributed by atoms with van der Waals surface area (Å²) in [5.41, 5.74) is 14.3. The molecular weight excluding hydrogens is 320 g/mol. The minimum Gasteiger partial charge on any atom is -0.399 e. The Morgan fingerprint density at radius 3 is 2.72 bits per heavy atom. The highest BCUT2D eigenvalue weighted by Crippen LogP contribution is 2.22. The van der Waals surface area contributed by atoms with Crippen LogP contribution in [-0.4, -0.2) is 27.6 Å². The van der Waals surface area contributed by atoms with Crippen molar-refractivity contribution in [2.75, 3.05) is 11.5 Å². The molecule has 0 aliphatic carbocycles. The Hall–Kier alpha value is -3.55. The van der Waals surface area contributed by atoms with Gasteiger partial charge in [-0.1, -0.05) is 0 Å². The number of carbonyl (C=O) groups excluding carboxylic acids is 2. The van der Waals surface area contributed by atoms with E-state index in [0.29, 0.717) is 11.4 Å². The number of nitrogens with two attached hydrogens (primary N) is 2. The van der Waals surface area contributed by atoms with Gasteiger partial charge in [-0.25, -0.2) is 4.98 Å². The fraction of sp³-hybridized carbons (Fsp3) is 0.118. The van der Waals surface area contributed by atoms with Crippen LogP contribution in [0.1, 0.15) is 17.3 Å². The van der Waals surface area contributed by atoms with Crippen molar-refractivity contribution in [2.45, 2.75) is 13.0 Å². The Balaban J connectivity index is 1.91. The smallest absolute Gasteiger partial charge is 0.198 e. The third kappa shape index (κ3) is 3.37. The lowest BCUT2D eigenvalue weighted by Gasteiger charge is -2.10. The van der Waals surface area contributed by atoms with Crippen molar-refractivity contribution in [1.29, 1.82) is 0 Å². The maximum absolute atomic E-state index is 12.6. The zero-order chi connectivity index (χ0) is 18.0. The van der Waals surface area contributed by atoms with Crippen molar-refractivity contribution in [3.05, 3.63) is 48.3 Å². The van der Waals surface area contributed by atoms with Crippen molar-refractivity contribution >= 4 is 39.7 Å². The van der Waals surface area contributed by atoms with Gasteiger partial charge in [0.15, 0.2) is 17.6 Å². The zero-order valence-corrected chi connectivity index (χ0v) is 13.4. The van der Waals surface area contributed by atoms with Crippen LogP contribution in [0.15, 0.2) is 53.0 Å². The van der Waals surface area contributed by atoms with Gasteiger partial charge in [0.1, 0.15) is 0 Å². The Labute approximate surface area is 143 Å². The number of H-pyrrole nitrogens is 1. The van der Waals surface area contributed by atoms with E-state index in [1.807, 2.05) is 0 Å². The molecule has 0 spiro atoms. The predicted octanol–water partition coefficient (Wildman–Crippen LogP) is 2.65. The summed E-state index contributed by atoms with van der Waals surface area (Å²) in [6.07, 6.45) is 1.57. The molecule has 0 fully saturated rings. The minimum atomic E-state index is -1.28. The highest BCUT2D eigenvalue weighted by atomic mass is 16.2. The Bertz CT molecular complexity index is 992. The molecule has 0 radical (unpaired) electrons.